The molecule has 3 aliphatic rings. The fourth-order valence-electron chi connectivity index (χ4n) is 4.62. The molecule has 2 aromatic carbocycles. The van der Waals surface area contributed by atoms with E-state index in [4.69, 9.17) is 9.73 Å². The molecule has 6 nitrogen and oxygen atoms in total. The van der Waals surface area contributed by atoms with Gasteiger partial charge >= 0.3 is 5.97 Å². The van der Waals surface area contributed by atoms with E-state index in [0.717, 1.165) is 47.9 Å². The van der Waals surface area contributed by atoms with Crippen molar-refractivity contribution in [1.29, 1.82) is 0 Å². The van der Waals surface area contributed by atoms with Crippen molar-refractivity contribution in [3.05, 3.63) is 94.2 Å². The maximum atomic E-state index is 13.4. The highest BCUT2D eigenvalue weighted by Crippen LogP contribution is 2.45. The van der Waals surface area contributed by atoms with E-state index in [0.29, 0.717) is 17.7 Å². The van der Waals surface area contributed by atoms with Crippen LogP contribution in [0.15, 0.2) is 88.0 Å². The van der Waals surface area contributed by atoms with Gasteiger partial charge in [0.15, 0.2) is 5.17 Å². The quantitative estimate of drug-likeness (QED) is 0.552. The van der Waals surface area contributed by atoms with E-state index in [1.807, 2.05) is 82.8 Å². The minimum absolute atomic E-state index is 0.122. The topological polar surface area (TPSA) is 62.2 Å². The molecule has 0 aromatic heterocycles. The zero-order valence-corrected chi connectivity index (χ0v) is 20.0. The Morgan fingerprint density at radius 2 is 1.71 bits per heavy atom. The Kier molecular flexibility index (Phi) is 6.54. The van der Waals surface area contributed by atoms with E-state index in [2.05, 4.69) is 0 Å². The molecule has 174 valence electrons. The summed E-state index contributed by atoms with van der Waals surface area (Å²) in [7, 11) is 0. The molecular formula is C27H27N3O3S. The lowest BCUT2D eigenvalue weighted by atomic mass is 9.94. The Morgan fingerprint density at radius 3 is 2.41 bits per heavy atom. The average molecular weight is 474 g/mol. The SMILES string of the molecule is CC1=C(C(=O)OCc2ccccc2)[C@@H](c2ccccc2)N2C(CC(=O)N3CCCC3)=CSC2=N1. The molecule has 5 rings (SSSR count). The molecule has 0 aliphatic carbocycles. The Balaban J connectivity index is 1.44. The van der Waals surface area contributed by atoms with Crippen LogP contribution in [-0.2, 0) is 20.9 Å². The maximum Gasteiger partial charge on any atom is 0.338 e. The third kappa shape index (κ3) is 4.53. The van der Waals surface area contributed by atoms with Crippen molar-refractivity contribution in [3.8, 4) is 0 Å². The first kappa shape index (κ1) is 22.5. The van der Waals surface area contributed by atoms with Gasteiger partial charge in [-0.25, -0.2) is 9.79 Å². The Bertz CT molecular complexity index is 1170. The van der Waals surface area contributed by atoms with Gasteiger partial charge in [-0.05, 0) is 36.3 Å². The molecule has 0 unspecified atom stereocenters. The predicted octanol–water partition coefficient (Wildman–Crippen LogP) is 5.02. The van der Waals surface area contributed by atoms with Gasteiger partial charge in [0.25, 0.3) is 0 Å². The van der Waals surface area contributed by atoms with Crippen molar-refractivity contribution in [2.45, 2.75) is 38.8 Å². The molecule has 1 amide bonds. The lowest BCUT2D eigenvalue weighted by Gasteiger charge is -2.36. The molecule has 0 radical (unpaired) electrons. The smallest absolute Gasteiger partial charge is 0.338 e. The monoisotopic (exact) mass is 473 g/mol. The van der Waals surface area contributed by atoms with E-state index in [1.54, 1.807) is 0 Å². The number of carbonyl (C=O) groups is 2. The normalized spacial score (nSPS) is 19.6. The third-order valence-corrected chi connectivity index (χ3v) is 7.23. The number of benzene rings is 2. The zero-order chi connectivity index (χ0) is 23.5. The number of hydrogen-bond donors (Lipinski definition) is 0. The second-order valence-corrected chi connectivity index (χ2v) is 9.47. The van der Waals surface area contributed by atoms with Crippen molar-refractivity contribution in [3.63, 3.8) is 0 Å². The summed E-state index contributed by atoms with van der Waals surface area (Å²) in [5.74, 6) is -0.267. The summed E-state index contributed by atoms with van der Waals surface area (Å²) in [6, 6.07) is 19.1. The Hall–Kier alpha value is -3.32. The summed E-state index contributed by atoms with van der Waals surface area (Å²) < 4.78 is 5.74. The standard InChI is InChI=1S/C27H27N3O3S/c1-19-24(26(32)33-17-20-10-4-2-5-11-20)25(21-12-6-3-7-13-21)30-22(18-34-27(30)28-19)16-23(31)29-14-8-9-15-29/h2-7,10-13,18,25H,8-9,14-17H2,1H3/t25-/m1/s1. The number of allylic oxidation sites excluding steroid dienone is 1. The Labute approximate surface area is 204 Å². The fraction of sp³-hybridized carbons (Fsp3) is 0.296. The first-order chi connectivity index (χ1) is 16.6. The highest BCUT2D eigenvalue weighted by molar-refractivity contribution is 8.16. The highest BCUT2D eigenvalue weighted by Gasteiger charge is 2.41. The number of ether oxygens (including phenoxy) is 1. The van der Waals surface area contributed by atoms with Crippen LogP contribution < -0.4 is 0 Å². The molecule has 0 N–H and O–H groups in total. The van der Waals surface area contributed by atoms with E-state index >= 15 is 0 Å². The number of esters is 1. The molecule has 7 heteroatoms. The molecule has 3 heterocycles. The zero-order valence-electron chi connectivity index (χ0n) is 19.1. The van der Waals surface area contributed by atoms with Crippen molar-refractivity contribution >= 4 is 28.8 Å². The largest absolute Gasteiger partial charge is 0.457 e. The van der Waals surface area contributed by atoms with Crippen LogP contribution in [0.3, 0.4) is 0 Å². The van der Waals surface area contributed by atoms with Gasteiger partial charge in [0.2, 0.25) is 5.91 Å². The van der Waals surface area contributed by atoms with Gasteiger partial charge in [-0.2, -0.15) is 0 Å². The number of carbonyl (C=O) groups excluding carboxylic acids is 2. The number of nitrogens with zero attached hydrogens (tertiary/aromatic N) is 3. The van der Waals surface area contributed by atoms with Crippen LogP contribution >= 0.6 is 11.8 Å². The molecular weight excluding hydrogens is 446 g/mol. The van der Waals surface area contributed by atoms with E-state index in [9.17, 15) is 9.59 Å². The van der Waals surface area contributed by atoms with E-state index < -0.39 is 6.04 Å². The molecule has 1 atom stereocenters. The van der Waals surface area contributed by atoms with Crippen molar-refractivity contribution in [2.24, 2.45) is 4.99 Å². The van der Waals surface area contributed by atoms with Gasteiger partial charge in [0.1, 0.15) is 6.61 Å². The van der Waals surface area contributed by atoms with Gasteiger partial charge in [-0.1, -0.05) is 72.4 Å². The van der Waals surface area contributed by atoms with Crippen molar-refractivity contribution < 1.29 is 14.3 Å². The van der Waals surface area contributed by atoms with Crippen LogP contribution in [0.25, 0.3) is 0 Å². The summed E-state index contributed by atoms with van der Waals surface area (Å²) >= 11 is 1.50. The fourth-order valence-corrected chi connectivity index (χ4v) is 5.58. The summed E-state index contributed by atoms with van der Waals surface area (Å²) in [5, 5.41) is 2.78. The molecule has 1 fully saturated rings. The first-order valence-corrected chi connectivity index (χ1v) is 12.5. The minimum atomic E-state index is -0.399. The number of hydrogen-bond acceptors (Lipinski definition) is 6. The van der Waals surface area contributed by atoms with Crippen LogP contribution in [0.1, 0.15) is 43.4 Å². The van der Waals surface area contributed by atoms with Crippen molar-refractivity contribution in [2.75, 3.05) is 13.1 Å². The molecule has 1 saturated heterocycles. The lowest BCUT2D eigenvalue weighted by Crippen LogP contribution is -2.38. The summed E-state index contributed by atoms with van der Waals surface area (Å²) in [6.45, 7) is 3.68. The number of rotatable bonds is 6. The number of aliphatic imine (C=N–C) groups is 1. The average Bonchev–Trinajstić information content (AvgIpc) is 3.54. The van der Waals surface area contributed by atoms with Crippen molar-refractivity contribution in [1.82, 2.24) is 9.80 Å². The van der Waals surface area contributed by atoms with Gasteiger partial charge in [0, 0.05) is 18.8 Å². The second-order valence-electron chi connectivity index (χ2n) is 8.63. The number of amides is 1. The molecule has 3 aliphatic heterocycles. The number of amidine groups is 1. The van der Waals surface area contributed by atoms with Crippen LogP contribution in [0.5, 0.6) is 0 Å². The summed E-state index contributed by atoms with van der Waals surface area (Å²) in [4.78, 5) is 35.1. The first-order valence-electron chi connectivity index (χ1n) is 11.6. The lowest BCUT2D eigenvalue weighted by molar-refractivity contribution is -0.141. The second kappa shape index (κ2) is 9.89. The molecule has 2 aromatic rings. The summed E-state index contributed by atoms with van der Waals surface area (Å²) in [5.41, 5.74) is 3.91. The molecule has 0 spiro atoms. The van der Waals surface area contributed by atoms with Crippen LogP contribution in [0.2, 0.25) is 0 Å². The number of likely N-dealkylation sites (tertiary alicyclic amines) is 1. The van der Waals surface area contributed by atoms with Gasteiger partial charge in [-0.3, -0.25) is 4.79 Å². The Morgan fingerprint density at radius 1 is 1.03 bits per heavy atom. The van der Waals surface area contributed by atoms with Gasteiger partial charge < -0.3 is 14.5 Å². The van der Waals surface area contributed by atoms with Crippen LogP contribution in [0, 0.1) is 0 Å². The van der Waals surface area contributed by atoms with Gasteiger partial charge in [0.05, 0.1) is 23.7 Å². The molecule has 0 bridgehead atoms. The summed E-state index contributed by atoms with van der Waals surface area (Å²) in [6.07, 6.45) is 2.41. The maximum absolute atomic E-state index is 13.4. The number of thioether (sulfide) groups is 1. The highest BCUT2D eigenvalue weighted by atomic mass is 32.2. The van der Waals surface area contributed by atoms with Crippen LogP contribution in [0.4, 0.5) is 0 Å². The van der Waals surface area contributed by atoms with Gasteiger partial charge in [-0.15, -0.1) is 0 Å². The molecule has 0 saturated carbocycles. The molecule has 34 heavy (non-hydrogen) atoms. The van der Waals surface area contributed by atoms with E-state index in [1.165, 1.54) is 11.8 Å². The minimum Gasteiger partial charge on any atom is -0.457 e. The number of fused-ring (bicyclic) bond motifs is 1. The van der Waals surface area contributed by atoms with Crippen LogP contribution in [-0.4, -0.2) is 39.9 Å². The third-order valence-electron chi connectivity index (χ3n) is 6.34. The van der Waals surface area contributed by atoms with E-state index in [-0.39, 0.29) is 18.5 Å². The predicted molar refractivity (Wildman–Crippen MR) is 134 cm³/mol.